The lowest BCUT2D eigenvalue weighted by molar-refractivity contribution is -0.715. The molecule has 0 amide bonds. The van der Waals surface area contributed by atoms with Crippen molar-refractivity contribution in [3.8, 4) is 0 Å². The molecule has 0 aliphatic carbocycles. The zero-order valence-corrected chi connectivity index (χ0v) is 10.3. The third-order valence-corrected chi connectivity index (χ3v) is 2.68. The van der Waals surface area contributed by atoms with E-state index in [0.29, 0.717) is 12.1 Å². The molecule has 84 valence electrons. The van der Waals surface area contributed by atoms with Gasteiger partial charge in [0.25, 0.3) is 0 Å². The lowest BCUT2D eigenvalue weighted by atomic mass is 10.3. The minimum Gasteiger partial charge on any atom is -0.225 e. The first kappa shape index (κ1) is 10.9. The fourth-order valence-electron chi connectivity index (χ4n) is 1.82. The molecule has 16 heavy (non-hydrogen) atoms. The molecule has 0 saturated carbocycles. The van der Waals surface area contributed by atoms with Gasteiger partial charge >= 0.3 is 11.2 Å². The Bertz CT molecular complexity index is 458. The third kappa shape index (κ3) is 1.75. The van der Waals surface area contributed by atoms with Gasteiger partial charge in [-0.05, 0) is 27.7 Å². The van der Waals surface area contributed by atoms with Gasteiger partial charge in [0.2, 0.25) is 12.5 Å². The minimum absolute atomic E-state index is 0.367. The lowest BCUT2D eigenvalue weighted by Crippen LogP contribution is -2.44. The van der Waals surface area contributed by atoms with Crippen LogP contribution in [0, 0.1) is 0 Å². The van der Waals surface area contributed by atoms with Gasteiger partial charge in [-0.25, -0.2) is 4.57 Å². The highest BCUT2D eigenvalue weighted by molar-refractivity contribution is 5.59. The Morgan fingerprint density at radius 1 is 1.06 bits per heavy atom. The minimum atomic E-state index is 0.367. The molecule has 4 heteroatoms. The molecular formula is C12H18N4+2. The Kier molecular flexibility index (Phi) is 2.81. The van der Waals surface area contributed by atoms with Crippen molar-refractivity contribution >= 4 is 11.2 Å². The molecule has 4 nitrogen and oxygen atoms in total. The highest BCUT2D eigenvalue weighted by Crippen LogP contribution is 2.04. The lowest BCUT2D eigenvalue weighted by Gasteiger charge is -2.06. The van der Waals surface area contributed by atoms with Crippen LogP contribution in [-0.4, -0.2) is 9.97 Å². The van der Waals surface area contributed by atoms with E-state index in [1.807, 2.05) is 24.9 Å². The van der Waals surface area contributed by atoms with Crippen molar-refractivity contribution in [2.24, 2.45) is 0 Å². The molecule has 0 bridgehead atoms. The Hall–Kier alpha value is -1.58. The van der Waals surface area contributed by atoms with Crippen molar-refractivity contribution in [3.63, 3.8) is 0 Å². The Morgan fingerprint density at radius 2 is 1.75 bits per heavy atom. The summed E-state index contributed by atoms with van der Waals surface area (Å²) in [6, 6.07) is 0.780. The highest BCUT2D eigenvalue weighted by Gasteiger charge is 2.21. The summed E-state index contributed by atoms with van der Waals surface area (Å²) in [5.41, 5.74) is 2.06. The smallest absolute Gasteiger partial charge is 0.225 e. The summed E-state index contributed by atoms with van der Waals surface area (Å²) >= 11 is 0. The highest BCUT2D eigenvalue weighted by atomic mass is 15.1. The number of fused-ring (bicyclic) bond motifs is 1. The van der Waals surface area contributed by atoms with Crippen molar-refractivity contribution in [1.82, 2.24) is 9.97 Å². The van der Waals surface area contributed by atoms with Crippen LogP contribution in [0.15, 0.2) is 24.9 Å². The van der Waals surface area contributed by atoms with Gasteiger partial charge in [-0.15, -0.1) is 4.98 Å². The fourth-order valence-corrected chi connectivity index (χ4v) is 1.82. The van der Waals surface area contributed by atoms with Gasteiger partial charge in [0, 0.05) is 0 Å². The molecule has 0 fully saturated rings. The van der Waals surface area contributed by atoms with Gasteiger partial charge in [0.15, 0.2) is 18.4 Å². The molecule has 2 aromatic rings. The molecule has 2 heterocycles. The number of nitrogens with zero attached hydrogens (tertiary/aromatic N) is 4. The molecule has 0 N–H and O–H groups in total. The maximum atomic E-state index is 4.45. The number of hydrogen-bond donors (Lipinski definition) is 0. The van der Waals surface area contributed by atoms with E-state index in [0.717, 1.165) is 11.2 Å². The maximum Gasteiger partial charge on any atom is 0.338 e. The number of rotatable bonds is 2. The third-order valence-electron chi connectivity index (χ3n) is 2.68. The Morgan fingerprint density at radius 3 is 2.38 bits per heavy atom. The second-order valence-electron chi connectivity index (χ2n) is 4.53. The van der Waals surface area contributed by atoms with Crippen molar-refractivity contribution < 1.29 is 9.13 Å². The normalized spacial score (nSPS) is 11.6. The molecular weight excluding hydrogens is 200 g/mol. The van der Waals surface area contributed by atoms with Gasteiger partial charge in [0.05, 0.1) is 6.04 Å². The first-order chi connectivity index (χ1) is 7.61. The molecule has 0 aliphatic heterocycles. The molecule has 2 rings (SSSR count). The van der Waals surface area contributed by atoms with E-state index in [2.05, 4.69) is 46.8 Å². The molecule has 2 aromatic heterocycles. The zero-order chi connectivity index (χ0) is 11.7. The van der Waals surface area contributed by atoms with E-state index in [-0.39, 0.29) is 0 Å². The standard InChI is InChI=1S/C12H18N4/c1-9(2)15-6-5-14-12-11(15)7-13-8-16(12)10(3)4/h5-10H,1-4H3/q+2. The quantitative estimate of drug-likeness (QED) is 0.713. The second-order valence-corrected chi connectivity index (χ2v) is 4.53. The predicted molar refractivity (Wildman–Crippen MR) is 60.7 cm³/mol. The molecule has 0 aliphatic rings. The molecule has 0 radical (unpaired) electrons. The molecule has 0 aromatic carbocycles. The Balaban J connectivity index is 2.76. The van der Waals surface area contributed by atoms with Gasteiger partial charge in [-0.3, -0.25) is 0 Å². The van der Waals surface area contributed by atoms with Gasteiger partial charge in [0.1, 0.15) is 0 Å². The van der Waals surface area contributed by atoms with Crippen LogP contribution < -0.4 is 9.13 Å². The second kappa shape index (κ2) is 4.12. The molecule has 0 spiro atoms. The maximum absolute atomic E-state index is 4.45. The van der Waals surface area contributed by atoms with Crippen LogP contribution in [0.1, 0.15) is 39.8 Å². The van der Waals surface area contributed by atoms with Crippen molar-refractivity contribution in [2.75, 3.05) is 0 Å². The van der Waals surface area contributed by atoms with Gasteiger partial charge < -0.3 is 0 Å². The average molecular weight is 218 g/mol. The summed E-state index contributed by atoms with van der Waals surface area (Å²) in [6.45, 7) is 8.59. The van der Waals surface area contributed by atoms with Crippen LogP contribution in [0.4, 0.5) is 0 Å². The first-order valence-corrected chi connectivity index (χ1v) is 5.66. The first-order valence-electron chi connectivity index (χ1n) is 5.66. The molecule has 0 saturated heterocycles. The fraction of sp³-hybridized carbons (Fsp3) is 0.500. The summed E-state index contributed by atoms with van der Waals surface area (Å²) in [6.07, 6.45) is 7.56. The van der Waals surface area contributed by atoms with Crippen molar-refractivity contribution in [3.05, 3.63) is 24.9 Å². The van der Waals surface area contributed by atoms with E-state index in [4.69, 9.17) is 0 Å². The summed E-state index contributed by atoms with van der Waals surface area (Å²) in [4.78, 5) is 8.73. The summed E-state index contributed by atoms with van der Waals surface area (Å²) in [5, 5.41) is 0. The van der Waals surface area contributed by atoms with E-state index < -0.39 is 0 Å². The predicted octanol–water partition coefficient (Wildman–Crippen LogP) is 1.37. The van der Waals surface area contributed by atoms with Crippen LogP contribution in [0.3, 0.4) is 0 Å². The largest absolute Gasteiger partial charge is 0.338 e. The van der Waals surface area contributed by atoms with Crippen molar-refractivity contribution in [2.45, 2.75) is 39.8 Å². The topological polar surface area (TPSA) is 33.5 Å². The van der Waals surface area contributed by atoms with E-state index >= 15 is 0 Å². The number of hydrogen-bond acceptors (Lipinski definition) is 2. The SMILES string of the molecule is CC(C)[n+]1ccnc2c1cnc[n+]2C(C)C. The van der Waals surface area contributed by atoms with E-state index in [9.17, 15) is 0 Å². The van der Waals surface area contributed by atoms with E-state index in [1.165, 1.54) is 0 Å². The number of aromatic nitrogens is 4. The summed E-state index contributed by atoms with van der Waals surface area (Å²) < 4.78 is 4.28. The monoisotopic (exact) mass is 218 g/mol. The van der Waals surface area contributed by atoms with Crippen LogP contribution in [0.25, 0.3) is 11.2 Å². The van der Waals surface area contributed by atoms with Crippen LogP contribution in [0.5, 0.6) is 0 Å². The molecule has 0 unspecified atom stereocenters. The van der Waals surface area contributed by atoms with E-state index in [1.54, 1.807) is 0 Å². The van der Waals surface area contributed by atoms with Crippen LogP contribution in [-0.2, 0) is 0 Å². The van der Waals surface area contributed by atoms with Crippen LogP contribution in [0.2, 0.25) is 0 Å². The van der Waals surface area contributed by atoms with Gasteiger partial charge in [-0.2, -0.15) is 4.57 Å². The summed E-state index contributed by atoms with van der Waals surface area (Å²) in [7, 11) is 0. The summed E-state index contributed by atoms with van der Waals surface area (Å²) in [5.74, 6) is 0. The average Bonchev–Trinajstić information content (AvgIpc) is 2.27. The zero-order valence-electron chi connectivity index (χ0n) is 10.3. The Labute approximate surface area is 95.6 Å². The van der Waals surface area contributed by atoms with Crippen molar-refractivity contribution in [1.29, 1.82) is 0 Å². The molecule has 0 atom stereocenters. The van der Waals surface area contributed by atoms with Crippen LogP contribution >= 0.6 is 0 Å². The van der Waals surface area contributed by atoms with Gasteiger partial charge in [-0.1, -0.05) is 4.98 Å².